The molecule has 3 saturated carbocycles. The first-order valence-corrected chi connectivity index (χ1v) is 7.30. The fraction of sp³-hybridized carbons (Fsp3) is 0.588. The van der Waals surface area contributed by atoms with Crippen molar-refractivity contribution in [2.45, 2.75) is 38.5 Å². The molecule has 0 nitrogen and oxygen atoms in total. The topological polar surface area (TPSA) is 0 Å². The van der Waals surface area contributed by atoms with Gasteiger partial charge in [-0.3, -0.25) is 0 Å². The van der Waals surface area contributed by atoms with Crippen LogP contribution in [0.3, 0.4) is 0 Å². The van der Waals surface area contributed by atoms with E-state index in [0.717, 1.165) is 23.7 Å². The Balaban J connectivity index is 1.51. The van der Waals surface area contributed by atoms with E-state index in [1.807, 2.05) is 5.92 Å². The van der Waals surface area contributed by atoms with Gasteiger partial charge in [-0.1, -0.05) is 36.8 Å². The van der Waals surface area contributed by atoms with Gasteiger partial charge < -0.3 is 0 Å². The quantitative estimate of drug-likeness (QED) is 0.705. The molecular weight excluding hydrogens is 204 g/mol. The molecule has 3 aliphatic carbocycles. The van der Waals surface area contributed by atoms with Gasteiger partial charge in [-0.15, -0.1) is 0 Å². The third-order valence-corrected chi connectivity index (χ3v) is 5.63. The van der Waals surface area contributed by atoms with Gasteiger partial charge in [0.2, 0.25) is 0 Å². The predicted octanol–water partition coefficient (Wildman–Crippen LogP) is 4.26. The second-order valence-electron chi connectivity index (χ2n) is 6.39. The molecule has 1 aromatic carbocycles. The maximum absolute atomic E-state index is 2.30. The van der Waals surface area contributed by atoms with Crippen LogP contribution in [-0.4, -0.2) is 0 Å². The minimum absolute atomic E-state index is 1.01. The molecule has 0 saturated heterocycles. The number of hydrogen-bond donors (Lipinski definition) is 0. The Morgan fingerprint density at radius 1 is 1.00 bits per heavy atom. The molecule has 4 rings (SSSR count). The Bertz CT molecular complexity index is 394. The molecule has 0 heterocycles. The number of benzene rings is 1. The van der Waals surface area contributed by atoms with Crippen LogP contribution in [0, 0.1) is 29.6 Å². The Kier molecular flexibility index (Phi) is 2.31. The zero-order chi connectivity index (χ0) is 11.2. The summed E-state index contributed by atoms with van der Waals surface area (Å²) >= 11 is 0. The van der Waals surface area contributed by atoms with Gasteiger partial charge in [0.15, 0.2) is 0 Å². The van der Waals surface area contributed by atoms with E-state index < -0.39 is 0 Å². The molecule has 89 valence electrons. The molecule has 0 amide bonds. The fourth-order valence-electron chi connectivity index (χ4n) is 5.03. The van der Waals surface area contributed by atoms with E-state index in [9.17, 15) is 0 Å². The van der Waals surface area contributed by atoms with Gasteiger partial charge >= 0.3 is 0 Å². The molecule has 17 heavy (non-hydrogen) atoms. The van der Waals surface area contributed by atoms with E-state index in [0.29, 0.717) is 0 Å². The highest BCUT2D eigenvalue weighted by atomic mass is 14.6. The summed E-state index contributed by atoms with van der Waals surface area (Å²) in [6.07, 6.45) is 8.86. The Hall–Kier alpha value is -0.780. The molecule has 0 aromatic heterocycles. The molecule has 3 fully saturated rings. The lowest BCUT2D eigenvalue weighted by molar-refractivity contribution is 0.274. The summed E-state index contributed by atoms with van der Waals surface area (Å²) < 4.78 is 0. The highest BCUT2D eigenvalue weighted by Gasteiger charge is 2.53. The first kappa shape index (κ1) is 10.2. The Labute approximate surface area is 104 Å². The van der Waals surface area contributed by atoms with Crippen LogP contribution in [0.15, 0.2) is 30.3 Å². The van der Waals surface area contributed by atoms with Crippen LogP contribution in [0.1, 0.15) is 37.7 Å². The molecule has 0 heteroatoms. The van der Waals surface area contributed by atoms with Gasteiger partial charge in [0.05, 0.1) is 0 Å². The molecule has 0 spiro atoms. The van der Waals surface area contributed by atoms with Gasteiger partial charge in [-0.2, -0.15) is 0 Å². The molecule has 0 aliphatic heterocycles. The molecule has 4 unspecified atom stereocenters. The lowest BCUT2D eigenvalue weighted by atomic mass is 9.74. The van der Waals surface area contributed by atoms with Crippen molar-refractivity contribution in [2.24, 2.45) is 23.7 Å². The summed E-state index contributed by atoms with van der Waals surface area (Å²) in [5.74, 6) is 6.19. The van der Waals surface area contributed by atoms with Gasteiger partial charge in [0.1, 0.15) is 0 Å². The van der Waals surface area contributed by atoms with Crippen molar-refractivity contribution in [3.05, 3.63) is 41.8 Å². The summed E-state index contributed by atoms with van der Waals surface area (Å²) in [6.45, 7) is 0. The summed E-state index contributed by atoms with van der Waals surface area (Å²) in [5.41, 5.74) is 1.53. The van der Waals surface area contributed by atoms with Crippen LogP contribution in [-0.2, 0) is 6.42 Å². The van der Waals surface area contributed by atoms with Crippen LogP contribution in [0.25, 0.3) is 0 Å². The third kappa shape index (κ3) is 1.57. The highest BCUT2D eigenvalue weighted by molar-refractivity contribution is 5.24. The number of hydrogen-bond acceptors (Lipinski definition) is 0. The molecule has 1 aromatic rings. The largest absolute Gasteiger partial charge is 0.0622 e. The summed E-state index contributed by atoms with van der Waals surface area (Å²) in [5, 5.41) is 0. The normalized spacial score (nSPS) is 39.8. The summed E-state index contributed by atoms with van der Waals surface area (Å²) in [6, 6.07) is 11.1. The Morgan fingerprint density at radius 2 is 1.82 bits per heavy atom. The summed E-state index contributed by atoms with van der Waals surface area (Å²) in [4.78, 5) is 0. The van der Waals surface area contributed by atoms with Crippen LogP contribution in [0.4, 0.5) is 0 Å². The molecule has 4 atom stereocenters. The first-order chi connectivity index (χ1) is 8.42. The smallest absolute Gasteiger partial charge is 0.0161 e. The maximum Gasteiger partial charge on any atom is -0.0161 e. The highest BCUT2D eigenvalue weighted by Crippen LogP contribution is 2.62. The average Bonchev–Trinajstić information content (AvgIpc) is 3.01. The zero-order valence-electron chi connectivity index (χ0n) is 10.4. The second kappa shape index (κ2) is 3.86. The van der Waals surface area contributed by atoms with E-state index in [-0.39, 0.29) is 0 Å². The molecule has 1 radical (unpaired) electrons. The SMILES string of the molecule is c1ccc(C[C]2CC3CC2C2CCCC32)cc1. The fourth-order valence-corrected chi connectivity index (χ4v) is 5.03. The van der Waals surface area contributed by atoms with Crippen molar-refractivity contribution in [2.75, 3.05) is 0 Å². The molecule has 2 bridgehead atoms. The van der Waals surface area contributed by atoms with Crippen molar-refractivity contribution in [3.63, 3.8) is 0 Å². The van der Waals surface area contributed by atoms with Crippen molar-refractivity contribution in [3.8, 4) is 0 Å². The van der Waals surface area contributed by atoms with Crippen molar-refractivity contribution in [1.29, 1.82) is 0 Å². The van der Waals surface area contributed by atoms with Crippen molar-refractivity contribution >= 4 is 0 Å². The third-order valence-electron chi connectivity index (χ3n) is 5.63. The predicted molar refractivity (Wildman–Crippen MR) is 70.4 cm³/mol. The van der Waals surface area contributed by atoms with Gasteiger partial charge in [-0.25, -0.2) is 0 Å². The second-order valence-corrected chi connectivity index (χ2v) is 6.39. The Morgan fingerprint density at radius 3 is 2.71 bits per heavy atom. The van der Waals surface area contributed by atoms with Gasteiger partial charge in [-0.05, 0) is 67.3 Å². The first-order valence-electron chi connectivity index (χ1n) is 7.30. The minimum atomic E-state index is 1.01. The van der Waals surface area contributed by atoms with E-state index >= 15 is 0 Å². The van der Waals surface area contributed by atoms with Gasteiger partial charge in [0.25, 0.3) is 0 Å². The lowest BCUT2D eigenvalue weighted by Crippen LogP contribution is -2.24. The maximum atomic E-state index is 2.30. The monoisotopic (exact) mass is 225 g/mol. The van der Waals surface area contributed by atoms with Crippen LogP contribution in [0.2, 0.25) is 0 Å². The van der Waals surface area contributed by atoms with E-state index in [1.54, 1.807) is 6.42 Å². The van der Waals surface area contributed by atoms with Crippen LogP contribution >= 0.6 is 0 Å². The number of rotatable bonds is 2. The van der Waals surface area contributed by atoms with E-state index in [2.05, 4.69) is 30.3 Å². The lowest BCUT2D eigenvalue weighted by Gasteiger charge is -2.31. The standard InChI is InChI=1S/C17H21/c1-2-5-12(6-3-1)9-13-10-14-11-17(13)16-8-4-7-15(14)16/h1-3,5-6,14-17H,4,7-11H2. The molecule has 3 aliphatic rings. The van der Waals surface area contributed by atoms with E-state index in [4.69, 9.17) is 0 Å². The van der Waals surface area contributed by atoms with Crippen molar-refractivity contribution < 1.29 is 0 Å². The molecule has 0 N–H and O–H groups in total. The zero-order valence-corrected chi connectivity index (χ0v) is 10.4. The van der Waals surface area contributed by atoms with Crippen molar-refractivity contribution in [1.82, 2.24) is 0 Å². The average molecular weight is 225 g/mol. The number of fused-ring (bicyclic) bond motifs is 5. The van der Waals surface area contributed by atoms with E-state index in [1.165, 1.54) is 37.7 Å². The van der Waals surface area contributed by atoms with Gasteiger partial charge in [0, 0.05) is 0 Å². The minimum Gasteiger partial charge on any atom is -0.0622 e. The summed E-state index contributed by atoms with van der Waals surface area (Å²) in [7, 11) is 0. The van der Waals surface area contributed by atoms with Crippen LogP contribution < -0.4 is 0 Å². The molecular formula is C17H21. The van der Waals surface area contributed by atoms with Crippen LogP contribution in [0.5, 0.6) is 0 Å².